The molecule has 1 aliphatic heterocycles. The number of piperidine rings is 1. The van der Waals surface area contributed by atoms with Crippen molar-refractivity contribution in [3.8, 4) is 6.07 Å². The van der Waals surface area contributed by atoms with Crippen LogP contribution in [0.4, 0.5) is 5.69 Å². The number of likely N-dealkylation sites (tertiary alicyclic amines) is 1. The molecule has 2 aromatic heterocycles. The SMILES string of the molecule is Cc1cn2nc([C@@H]3CCCCN3C(=O)c3cccc(Cl)c3NS(C)(=O)=O)cc2nc1C1C[C@@H](C#N)[C@@H](C)C1. The van der Waals surface area contributed by atoms with Gasteiger partial charge in [0.05, 0.1) is 46.0 Å². The summed E-state index contributed by atoms with van der Waals surface area (Å²) in [4.78, 5) is 20.5. The number of benzene rings is 1. The van der Waals surface area contributed by atoms with Crippen molar-refractivity contribution in [1.82, 2.24) is 19.5 Å². The molecule has 1 saturated heterocycles. The second kappa shape index (κ2) is 10.2. The summed E-state index contributed by atoms with van der Waals surface area (Å²) in [6.45, 7) is 4.68. The molecule has 1 aliphatic carbocycles. The van der Waals surface area contributed by atoms with Crippen molar-refractivity contribution >= 4 is 38.9 Å². The quantitative estimate of drug-likeness (QED) is 0.469. The van der Waals surface area contributed by atoms with Crippen LogP contribution < -0.4 is 4.72 Å². The molecule has 1 aromatic carbocycles. The van der Waals surface area contributed by atoms with Crippen LogP contribution in [0.15, 0.2) is 30.5 Å². The minimum atomic E-state index is -3.64. The van der Waals surface area contributed by atoms with Gasteiger partial charge in [-0.2, -0.15) is 10.4 Å². The van der Waals surface area contributed by atoms with Gasteiger partial charge in [0.25, 0.3) is 5.91 Å². The van der Waals surface area contributed by atoms with Crippen LogP contribution in [0.1, 0.15) is 78.3 Å². The molecule has 4 atom stereocenters. The van der Waals surface area contributed by atoms with E-state index >= 15 is 0 Å². The van der Waals surface area contributed by atoms with E-state index in [2.05, 4.69) is 17.7 Å². The summed E-state index contributed by atoms with van der Waals surface area (Å²) < 4.78 is 28.1. The van der Waals surface area contributed by atoms with Crippen LogP contribution >= 0.6 is 11.6 Å². The zero-order valence-electron chi connectivity index (χ0n) is 21.7. The Bertz CT molecular complexity index is 1550. The molecule has 0 spiro atoms. The normalized spacial score (nSPS) is 23.9. The first kappa shape index (κ1) is 26.4. The number of nitrogens with zero attached hydrogens (tertiary/aromatic N) is 5. The van der Waals surface area contributed by atoms with E-state index in [9.17, 15) is 18.5 Å². The van der Waals surface area contributed by atoms with Crippen molar-refractivity contribution < 1.29 is 13.2 Å². The third kappa shape index (κ3) is 5.09. The molecule has 11 heteroatoms. The first-order valence-electron chi connectivity index (χ1n) is 12.9. The van der Waals surface area contributed by atoms with Gasteiger partial charge >= 0.3 is 0 Å². The number of amides is 1. The van der Waals surface area contributed by atoms with Gasteiger partial charge in [-0.15, -0.1) is 0 Å². The number of hydrogen-bond acceptors (Lipinski definition) is 6. The van der Waals surface area contributed by atoms with E-state index in [0.717, 1.165) is 55.3 Å². The molecule has 0 radical (unpaired) electrons. The maximum atomic E-state index is 13.8. The Kier molecular flexibility index (Phi) is 7.09. The van der Waals surface area contributed by atoms with Crippen molar-refractivity contribution in [1.29, 1.82) is 5.26 Å². The highest BCUT2D eigenvalue weighted by Crippen LogP contribution is 2.42. The number of sulfonamides is 1. The van der Waals surface area contributed by atoms with Crippen molar-refractivity contribution in [3.05, 3.63) is 58.0 Å². The van der Waals surface area contributed by atoms with E-state index in [0.29, 0.717) is 18.1 Å². The van der Waals surface area contributed by atoms with Gasteiger partial charge in [-0.25, -0.2) is 17.9 Å². The maximum Gasteiger partial charge on any atom is 0.256 e. The second-order valence-electron chi connectivity index (χ2n) is 10.6. The second-order valence-corrected chi connectivity index (χ2v) is 12.8. The number of nitrogens with one attached hydrogen (secondary N) is 1. The third-order valence-electron chi connectivity index (χ3n) is 7.76. The predicted octanol–water partition coefficient (Wildman–Crippen LogP) is 5.08. The number of hydrogen-bond donors (Lipinski definition) is 1. The Hall–Kier alpha value is -3.16. The lowest BCUT2D eigenvalue weighted by Crippen LogP contribution is -2.39. The molecular formula is C27H31ClN6O3S. The molecule has 3 aromatic rings. The summed E-state index contributed by atoms with van der Waals surface area (Å²) in [6.07, 6.45) is 7.29. The molecule has 3 heterocycles. The summed E-state index contributed by atoms with van der Waals surface area (Å²) in [5, 5.41) is 14.4. The van der Waals surface area contributed by atoms with E-state index in [-0.39, 0.29) is 40.1 Å². The first-order valence-corrected chi connectivity index (χ1v) is 15.2. The zero-order chi connectivity index (χ0) is 27.2. The molecule has 1 unspecified atom stereocenters. The highest BCUT2D eigenvalue weighted by atomic mass is 35.5. The number of anilines is 1. The average Bonchev–Trinajstić information content (AvgIpc) is 3.46. The number of fused-ring (bicyclic) bond motifs is 1. The highest BCUT2D eigenvalue weighted by molar-refractivity contribution is 7.92. The lowest BCUT2D eigenvalue weighted by Gasteiger charge is -2.35. The number of nitriles is 1. The number of carbonyl (C=O) groups is 1. The fraction of sp³-hybridized carbons (Fsp3) is 0.481. The standard InChI is InChI=1S/C27H31ClN6O3S/c1-16-11-18(12-19(16)14-29)25-17(2)15-34-24(30-25)13-22(31-34)23-9-4-5-10-33(23)27(35)20-7-6-8-21(28)26(20)32-38(3,36)37/h6-8,13,15-16,18-19,23,32H,4-5,9-12H2,1-3H3/t16-,18?,19-,23-/m0/s1. The lowest BCUT2D eigenvalue weighted by molar-refractivity contribution is 0.0607. The predicted molar refractivity (Wildman–Crippen MR) is 146 cm³/mol. The van der Waals surface area contributed by atoms with Crippen molar-refractivity contribution in [2.75, 3.05) is 17.5 Å². The van der Waals surface area contributed by atoms with Gasteiger partial charge in [-0.1, -0.05) is 24.6 Å². The van der Waals surface area contributed by atoms with E-state index in [1.165, 1.54) is 0 Å². The molecule has 2 aliphatic rings. The number of para-hydroxylation sites is 1. The van der Waals surface area contributed by atoms with Crippen LogP contribution in [-0.4, -0.2) is 46.6 Å². The van der Waals surface area contributed by atoms with Crippen molar-refractivity contribution in [2.45, 2.75) is 57.9 Å². The molecule has 1 amide bonds. The number of carbonyl (C=O) groups excluding carboxylic acids is 1. The van der Waals surface area contributed by atoms with E-state index in [1.54, 1.807) is 27.6 Å². The summed E-state index contributed by atoms with van der Waals surface area (Å²) in [7, 11) is -3.64. The lowest BCUT2D eigenvalue weighted by atomic mass is 9.97. The minimum Gasteiger partial charge on any atom is -0.330 e. The van der Waals surface area contributed by atoms with Gasteiger partial charge in [0.1, 0.15) is 0 Å². The minimum absolute atomic E-state index is 0.0493. The molecule has 1 saturated carbocycles. The fourth-order valence-electron chi connectivity index (χ4n) is 5.90. The first-order chi connectivity index (χ1) is 18.1. The zero-order valence-corrected chi connectivity index (χ0v) is 23.3. The number of aromatic nitrogens is 3. The van der Waals surface area contributed by atoms with Gasteiger partial charge in [-0.05, 0) is 62.6 Å². The summed E-state index contributed by atoms with van der Waals surface area (Å²) in [6, 6.07) is 8.88. The Morgan fingerprint density at radius 1 is 1.26 bits per heavy atom. The van der Waals surface area contributed by atoms with Gasteiger partial charge in [0, 0.05) is 30.6 Å². The monoisotopic (exact) mass is 554 g/mol. The van der Waals surface area contributed by atoms with Crippen LogP contribution in [0, 0.1) is 30.1 Å². The molecule has 38 heavy (non-hydrogen) atoms. The van der Waals surface area contributed by atoms with Crippen LogP contribution in [0.3, 0.4) is 0 Å². The van der Waals surface area contributed by atoms with Gasteiger partial charge in [0.2, 0.25) is 10.0 Å². The molecular weight excluding hydrogens is 524 g/mol. The summed E-state index contributed by atoms with van der Waals surface area (Å²) in [5.74, 6) is 0.341. The van der Waals surface area contributed by atoms with Crippen LogP contribution in [0.25, 0.3) is 5.65 Å². The number of aryl methyl sites for hydroxylation is 1. The molecule has 2 fully saturated rings. The van der Waals surface area contributed by atoms with Gasteiger partial charge in [-0.3, -0.25) is 9.52 Å². The highest BCUT2D eigenvalue weighted by Gasteiger charge is 2.35. The molecule has 1 N–H and O–H groups in total. The van der Waals surface area contributed by atoms with Crippen LogP contribution in [-0.2, 0) is 10.0 Å². The van der Waals surface area contributed by atoms with Gasteiger partial charge < -0.3 is 4.90 Å². The molecule has 0 bridgehead atoms. The van der Waals surface area contributed by atoms with E-state index in [1.807, 2.05) is 19.2 Å². The van der Waals surface area contributed by atoms with Gasteiger partial charge in [0.15, 0.2) is 5.65 Å². The number of halogens is 1. The van der Waals surface area contributed by atoms with E-state index in [4.69, 9.17) is 21.7 Å². The van der Waals surface area contributed by atoms with E-state index < -0.39 is 10.0 Å². The maximum absolute atomic E-state index is 13.8. The number of rotatable bonds is 5. The summed E-state index contributed by atoms with van der Waals surface area (Å²) in [5.41, 5.74) is 3.81. The Morgan fingerprint density at radius 2 is 2.05 bits per heavy atom. The Labute approximate surface area is 227 Å². The molecule has 200 valence electrons. The van der Waals surface area contributed by atoms with Crippen molar-refractivity contribution in [3.63, 3.8) is 0 Å². The average molecular weight is 555 g/mol. The topological polar surface area (TPSA) is 120 Å². The van der Waals surface area contributed by atoms with Crippen molar-refractivity contribution in [2.24, 2.45) is 11.8 Å². The Balaban J connectivity index is 1.48. The molecule has 5 rings (SSSR count). The van der Waals surface area contributed by atoms with Crippen LogP contribution in [0.5, 0.6) is 0 Å². The summed E-state index contributed by atoms with van der Waals surface area (Å²) >= 11 is 6.30. The molecule has 9 nitrogen and oxygen atoms in total. The Morgan fingerprint density at radius 3 is 2.76 bits per heavy atom. The smallest absolute Gasteiger partial charge is 0.256 e. The largest absolute Gasteiger partial charge is 0.330 e. The van der Waals surface area contributed by atoms with Crippen LogP contribution in [0.2, 0.25) is 5.02 Å². The fourth-order valence-corrected chi connectivity index (χ4v) is 6.77. The third-order valence-corrected chi connectivity index (χ3v) is 8.65.